The Labute approximate surface area is 84.9 Å². The van der Waals surface area contributed by atoms with E-state index in [1.165, 1.54) is 0 Å². The summed E-state index contributed by atoms with van der Waals surface area (Å²) in [7, 11) is 5.54. The van der Waals surface area contributed by atoms with Gasteiger partial charge in [-0.1, -0.05) is 0 Å². The van der Waals surface area contributed by atoms with Crippen molar-refractivity contribution in [1.82, 2.24) is 0 Å². The largest absolute Gasteiger partial charge is 0.497 e. The topological polar surface area (TPSA) is 38.5 Å². The Morgan fingerprint density at radius 3 is 2.31 bits per heavy atom. The molecule has 74 valence electrons. The lowest BCUT2D eigenvalue weighted by molar-refractivity contribution is 0.415. The number of nitrogen functional groups attached to an aromatic ring is 1. The molecule has 0 aromatic heterocycles. The molecule has 0 atom stereocenters. The maximum absolute atomic E-state index is 5.78. The van der Waals surface area contributed by atoms with Crippen molar-refractivity contribution in [2.45, 2.75) is 0 Å². The number of anilines is 2. The van der Waals surface area contributed by atoms with E-state index in [4.69, 9.17) is 10.5 Å². The van der Waals surface area contributed by atoms with Gasteiger partial charge >= 0.3 is 0 Å². The quantitative estimate of drug-likeness (QED) is 0.743. The summed E-state index contributed by atoms with van der Waals surface area (Å²) in [6.45, 7) is 0. The van der Waals surface area contributed by atoms with Crippen molar-refractivity contribution >= 4 is 23.8 Å². The number of rotatable bonds is 2. The predicted molar refractivity (Wildman–Crippen MR) is 59.0 cm³/mol. The third-order valence-electron chi connectivity index (χ3n) is 1.72. The summed E-state index contributed by atoms with van der Waals surface area (Å²) in [5, 5.41) is 0. The van der Waals surface area contributed by atoms with Gasteiger partial charge in [-0.05, 0) is 12.1 Å². The van der Waals surface area contributed by atoms with Crippen molar-refractivity contribution in [2.75, 3.05) is 31.8 Å². The van der Waals surface area contributed by atoms with Crippen LogP contribution in [0.5, 0.6) is 5.75 Å². The minimum atomic E-state index is 0. The van der Waals surface area contributed by atoms with Gasteiger partial charge in [-0.3, -0.25) is 0 Å². The zero-order valence-electron chi connectivity index (χ0n) is 8.07. The zero-order valence-corrected chi connectivity index (χ0v) is 8.89. The molecule has 3 nitrogen and oxygen atoms in total. The van der Waals surface area contributed by atoms with Gasteiger partial charge in [-0.15, -0.1) is 12.4 Å². The monoisotopic (exact) mass is 202 g/mol. The van der Waals surface area contributed by atoms with Gasteiger partial charge in [-0.2, -0.15) is 0 Å². The first-order valence-corrected chi connectivity index (χ1v) is 3.76. The van der Waals surface area contributed by atoms with Crippen LogP contribution in [-0.4, -0.2) is 21.2 Å². The summed E-state index contributed by atoms with van der Waals surface area (Å²) in [4.78, 5) is 1.97. The van der Waals surface area contributed by atoms with Crippen LogP contribution in [0.25, 0.3) is 0 Å². The standard InChI is InChI=1S/C9H14N2O.ClH/c1-11(2)9-5-4-7(12-3)6-8(9)10;/h4-6H,10H2,1-3H3;1H. The SMILES string of the molecule is COc1ccc(N(C)C)c(N)c1.Cl. The van der Waals surface area contributed by atoms with Gasteiger partial charge in [0.15, 0.2) is 0 Å². The lowest BCUT2D eigenvalue weighted by Gasteiger charge is -2.15. The maximum Gasteiger partial charge on any atom is 0.121 e. The number of ether oxygens (including phenoxy) is 1. The van der Waals surface area contributed by atoms with Gasteiger partial charge in [0.05, 0.1) is 18.5 Å². The van der Waals surface area contributed by atoms with Crippen LogP contribution in [0, 0.1) is 0 Å². The second-order valence-electron chi connectivity index (χ2n) is 2.82. The highest BCUT2D eigenvalue weighted by Crippen LogP contribution is 2.25. The van der Waals surface area contributed by atoms with Crippen LogP contribution < -0.4 is 15.4 Å². The van der Waals surface area contributed by atoms with E-state index in [1.807, 2.05) is 37.2 Å². The Balaban J connectivity index is 0.00000144. The van der Waals surface area contributed by atoms with Gasteiger partial charge in [0.1, 0.15) is 5.75 Å². The average Bonchev–Trinajstić information content (AvgIpc) is 2.03. The highest BCUT2D eigenvalue weighted by molar-refractivity contribution is 5.85. The molecule has 4 heteroatoms. The van der Waals surface area contributed by atoms with E-state index in [0.29, 0.717) is 0 Å². The number of benzene rings is 1. The van der Waals surface area contributed by atoms with Crippen molar-refractivity contribution in [3.05, 3.63) is 18.2 Å². The summed E-state index contributed by atoms with van der Waals surface area (Å²) in [6, 6.07) is 5.65. The zero-order chi connectivity index (χ0) is 9.14. The van der Waals surface area contributed by atoms with Crippen LogP contribution in [0.3, 0.4) is 0 Å². The normalized spacial score (nSPS) is 8.85. The van der Waals surface area contributed by atoms with Gasteiger partial charge < -0.3 is 15.4 Å². The van der Waals surface area contributed by atoms with Crippen LogP contribution in [0.1, 0.15) is 0 Å². The summed E-state index contributed by atoms with van der Waals surface area (Å²) in [6.07, 6.45) is 0. The number of methoxy groups -OCH3 is 1. The number of nitrogens with two attached hydrogens (primary N) is 1. The van der Waals surface area contributed by atoms with Gasteiger partial charge in [0, 0.05) is 20.2 Å². The summed E-state index contributed by atoms with van der Waals surface area (Å²) in [5.41, 5.74) is 7.52. The minimum absolute atomic E-state index is 0. The molecule has 0 fully saturated rings. The molecular formula is C9H15ClN2O. The number of halogens is 1. The van der Waals surface area contributed by atoms with Crippen LogP contribution in [0.2, 0.25) is 0 Å². The van der Waals surface area contributed by atoms with Gasteiger partial charge in [0.2, 0.25) is 0 Å². The summed E-state index contributed by atoms with van der Waals surface area (Å²) in [5.74, 6) is 0.790. The predicted octanol–water partition coefficient (Wildman–Crippen LogP) is 1.77. The smallest absolute Gasteiger partial charge is 0.121 e. The number of hydrogen-bond acceptors (Lipinski definition) is 3. The third kappa shape index (κ3) is 2.70. The Morgan fingerprint density at radius 1 is 1.31 bits per heavy atom. The molecule has 0 aliphatic carbocycles. The molecule has 2 N–H and O–H groups in total. The lowest BCUT2D eigenvalue weighted by atomic mass is 10.2. The molecule has 0 bridgehead atoms. The van der Waals surface area contributed by atoms with E-state index in [-0.39, 0.29) is 12.4 Å². The van der Waals surface area contributed by atoms with Crippen molar-refractivity contribution in [1.29, 1.82) is 0 Å². The number of nitrogens with zero attached hydrogens (tertiary/aromatic N) is 1. The average molecular weight is 203 g/mol. The van der Waals surface area contributed by atoms with Crippen molar-refractivity contribution in [3.63, 3.8) is 0 Å². The highest BCUT2D eigenvalue weighted by Gasteiger charge is 2.01. The molecule has 0 radical (unpaired) electrons. The van der Waals surface area contributed by atoms with E-state index in [2.05, 4.69) is 0 Å². The molecule has 13 heavy (non-hydrogen) atoms. The van der Waals surface area contributed by atoms with E-state index < -0.39 is 0 Å². The first-order chi connectivity index (χ1) is 5.65. The van der Waals surface area contributed by atoms with Crippen LogP contribution in [-0.2, 0) is 0 Å². The lowest BCUT2D eigenvalue weighted by Crippen LogP contribution is -2.10. The Hall–Kier alpha value is -1.09. The maximum atomic E-state index is 5.78. The van der Waals surface area contributed by atoms with E-state index in [1.54, 1.807) is 7.11 Å². The molecule has 0 unspecified atom stereocenters. The first-order valence-electron chi connectivity index (χ1n) is 3.76. The number of hydrogen-bond donors (Lipinski definition) is 1. The molecular weight excluding hydrogens is 188 g/mol. The second-order valence-corrected chi connectivity index (χ2v) is 2.82. The Kier molecular flexibility index (Phi) is 4.42. The second kappa shape index (κ2) is 4.82. The van der Waals surface area contributed by atoms with Crippen molar-refractivity contribution in [3.8, 4) is 5.75 Å². The van der Waals surface area contributed by atoms with Crippen LogP contribution >= 0.6 is 12.4 Å². The van der Waals surface area contributed by atoms with Crippen molar-refractivity contribution in [2.24, 2.45) is 0 Å². The molecule has 0 saturated heterocycles. The summed E-state index contributed by atoms with van der Waals surface area (Å²) >= 11 is 0. The highest BCUT2D eigenvalue weighted by atomic mass is 35.5. The molecule has 0 heterocycles. The van der Waals surface area contributed by atoms with Crippen LogP contribution in [0.4, 0.5) is 11.4 Å². The fourth-order valence-electron chi connectivity index (χ4n) is 1.07. The van der Waals surface area contributed by atoms with E-state index in [9.17, 15) is 0 Å². The molecule has 1 aromatic rings. The molecule has 0 saturated carbocycles. The van der Waals surface area contributed by atoms with Gasteiger partial charge in [-0.25, -0.2) is 0 Å². The molecule has 0 spiro atoms. The molecule has 0 amide bonds. The first kappa shape index (κ1) is 11.9. The molecule has 1 aromatic carbocycles. The van der Waals surface area contributed by atoms with E-state index in [0.717, 1.165) is 17.1 Å². The van der Waals surface area contributed by atoms with E-state index >= 15 is 0 Å². The Morgan fingerprint density at radius 2 is 1.92 bits per heavy atom. The molecule has 1 rings (SSSR count). The van der Waals surface area contributed by atoms with Crippen molar-refractivity contribution < 1.29 is 4.74 Å². The fraction of sp³-hybridized carbons (Fsp3) is 0.333. The third-order valence-corrected chi connectivity index (χ3v) is 1.72. The Bertz CT molecular complexity index is 276. The van der Waals surface area contributed by atoms with Crippen LogP contribution in [0.15, 0.2) is 18.2 Å². The summed E-state index contributed by atoms with van der Waals surface area (Å²) < 4.78 is 5.03. The van der Waals surface area contributed by atoms with Gasteiger partial charge in [0.25, 0.3) is 0 Å². The molecule has 0 aliphatic heterocycles. The fourth-order valence-corrected chi connectivity index (χ4v) is 1.07. The minimum Gasteiger partial charge on any atom is -0.497 e. The molecule has 0 aliphatic rings.